The van der Waals surface area contributed by atoms with E-state index < -0.39 is 15.9 Å². The van der Waals surface area contributed by atoms with Crippen molar-refractivity contribution in [3.05, 3.63) is 105 Å². The monoisotopic (exact) mass is 622 g/mol. The summed E-state index contributed by atoms with van der Waals surface area (Å²) in [6, 6.07) is 17.7. The normalized spacial score (nSPS) is 17.5. The Kier molecular flexibility index (Phi) is 8.12. The Morgan fingerprint density at radius 3 is 2.50 bits per heavy atom. The number of sulfonamides is 1. The average molecular weight is 624 g/mol. The molecule has 42 heavy (non-hydrogen) atoms. The first-order valence-corrected chi connectivity index (χ1v) is 15.0. The van der Waals surface area contributed by atoms with Crippen molar-refractivity contribution in [3.8, 4) is 17.6 Å². The van der Waals surface area contributed by atoms with Gasteiger partial charge in [-0.05, 0) is 78.6 Å². The minimum atomic E-state index is -3.96. The van der Waals surface area contributed by atoms with Crippen LogP contribution in [0.1, 0.15) is 36.3 Å². The van der Waals surface area contributed by atoms with Crippen molar-refractivity contribution in [1.82, 2.24) is 0 Å². The Balaban J connectivity index is 1.78. The SMILES string of the molecule is COc1cc(/C=N/C2=C(C#N)C(c3ccc(Cl)cc3Cl)C3=C(CCCC3=O)N2c2ccc(S(N)(=O)=O)cc2)ccc1O. The largest absolute Gasteiger partial charge is 0.504 e. The minimum absolute atomic E-state index is 0.0474. The summed E-state index contributed by atoms with van der Waals surface area (Å²) in [5.74, 6) is -0.533. The van der Waals surface area contributed by atoms with Gasteiger partial charge in [0.25, 0.3) is 0 Å². The Morgan fingerprint density at radius 2 is 1.86 bits per heavy atom. The number of hydrogen-bond acceptors (Lipinski definition) is 8. The van der Waals surface area contributed by atoms with Gasteiger partial charge in [-0.1, -0.05) is 29.3 Å². The van der Waals surface area contributed by atoms with E-state index in [1.807, 2.05) is 0 Å². The molecule has 3 aromatic carbocycles. The van der Waals surface area contributed by atoms with E-state index in [1.54, 1.807) is 47.4 Å². The van der Waals surface area contributed by atoms with Crippen LogP contribution in [0.25, 0.3) is 0 Å². The summed E-state index contributed by atoms with van der Waals surface area (Å²) >= 11 is 12.8. The number of ether oxygens (including phenoxy) is 1. The quantitative estimate of drug-likeness (QED) is 0.329. The smallest absolute Gasteiger partial charge is 0.238 e. The molecule has 0 radical (unpaired) electrons. The zero-order valence-corrected chi connectivity index (χ0v) is 24.5. The highest BCUT2D eigenvalue weighted by molar-refractivity contribution is 7.89. The third kappa shape index (κ3) is 5.52. The second-order valence-corrected chi connectivity index (χ2v) is 12.1. The van der Waals surface area contributed by atoms with Crippen LogP contribution in [0.15, 0.2) is 93.2 Å². The van der Waals surface area contributed by atoms with E-state index in [0.717, 1.165) is 0 Å². The van der Waals surface area contributed by atoms with E-state index >= 15 is 0 Å². The first-order chi connectivity index (χ1) is 20.0. The van der Waals surface area contributed by atoms with E-state index in [4.69, 9.17) is 38.1 Å². The minimum Gasteiger partial charge on any atom is -0.504 e. The topological polar surface area (TPSA) is 146 Å². The summed E-state index contributed by atoms with van der Waals surface area (Å²) in [6.07, 6.45) is 2.86. The van der Waals surface area contributed by atoms with Crippen molar-refractivity contribution < 1.29 is 23.1 Å². The number of benzene rings is 3. The number of primary sulfonamides is 1. The Morgan fingerprint density at radius 1 is 1.12 bits per heavy atom. The van der Waals surface area contributed by atoms with Gasteiger partial charge in [-0.2, -0.15) is 5.26 Å². The Hall–Kier alpha value is -4.14. The van der Waals surface area contributed by atoms with Crippen molar-refractivity contribution in [3.63, 3.8) is 0 Å². The number of Topliss-reactive ketones (excluding diaryl/α,β-unsaturated/α-hetero) is 1. The maximum absolute atomic E-state index is 13.5. The van der Waals surface area contributed by atoms with E-state index in [1.165, 1.54) is 31.5 Å². The lowest BCUT2D eigenvalue weighted by Gasteiger charge is -2.39. The van der Waals surface area contributed by atoms with E-state index in [-0.39, 0.29) is 33.6 Å². The van der Waals surface area contributed by atoms with Crippen LogP contribution < -0.4 is 14.8 Å². The lowest BCUT2D eigenvalue weighted by molar-refractivity contribution is -0.116. The van der Waals surface area contributed by atoms with Crippen molar-refractivity contribution in [2.75, 3.05) is 12.0 Å². The first-order valence-electron chi connectivity index (χ1n) is 12.7. The number of nitrogens with zero attached hydrogens (tertiary/aromatic N) is 3. The zero-order valence-electron chi connectivity index (χ0n) is 22.2. The number of aliphatic imine (C=N–C) groups is 1. The maximum atomic E-state index is 13.5. The van der Waals surface area contributed by atoms with Gasteiger partial charge in [-0.15, -0.1) is 0 Å². The first kappa shape index (κ1) is 29.4. The molecule has 3 aromatic rings. The van der Waals surface area contributed by atoms with Gasteiger partial charge < -0.3 is 9.84 Å². The summed E-state index contributed by atoms with van der Waals surface area (Å²) in [6.45, 7) is 0. The van der Waals surface area contributed by atoms with Crippen LogP contribution in [-0.4, -0.2) is 32.6 Å². The number of methoxy groups -OCH3 is 1. The van der Waals surface area contributed by atoms with Crippen LogP contribution in [-0.2, 0) is 14.8 Å². The number of anilines is 1. The molecular weight excluding hydrogens is 599 g/mol. The molecule has 5 rings (SSSR count). The molecule has 1 aliphatic carbocycles. The molecular formula is C30H24Cl2N4O5S. The molecule has 0 fully saturated rings. The predicted molar refractivity (Wildman–Crippen MR) is 160 cm³/mol. The van der Waals surface area contributed by atoms with Crippen LogP contribution in [0.5, 0.6) is 11.5 Å². The van der Waals surface area contributed by atoms with Crippen molar-refractivity contribution in [2.45, 2.75) is 30.1 Å². The molecule has 12 heteroatoms. The molecule has 1 aliphatic heterocycles. The third-order valence-corrected chi connectivity index (χ3v) is 8.58. The summed E-state index contributed by atoms with van der Waals surface area (Å²) in [4.78, 5) is 19.9. The number of phenolic OH excluding ortho intramolecular Hbond substituents is 1. The van der Waals surface area contributed by atoms with Crippen molar-refractivity contribution in [2.24, 2.45) is 10.1 Å². The molecule has 3 N–H and O–H groups in total. The Labute approximate surface area is 252 Å². The van der Waals surface area contributed by atoms with Crippen LogP contribution in [0.4, 0.5) is 5.69 Å². The number of allylic oxidation sites excluding steroid dienone is 3. The molecule has 0 saturated heterocycles. The fourth-order valence-corrected chi connectivity index (χ4v) is 6.22. The molecule has 1 heterocycles. The molecule has 1 atom stereocenters. The molecule has 2 aliphatic rings. The molecule has 0 bridgehead atoms. The number of halogens is 2. The van der Waals surface area contributed by atoms with Gasteiger partial charge in [0.15, 0.2) is 23.1 Å². The number of nitriles is 1. The maximum Gasteiger partial charge on any atom is 0.238 e. The van der Waals surface area contributed by atoms with Gasteiger partial charge in [-0.3, -0.25) is 9.69 Å². The highest BCUT2D eigenvalue weighted by Gasteiger charge is 2.41. The van der Waals surface area contributed by atoms with Crippen molar-refractivity contribution in [1.29, 1.82) is 5.26 Å². The molecule has 0 spiro atoms. The molecule has 0 aromatic heterocycles. The summed E-state index contributed by atoms with van der Waals surface area (Å²) in [5, 5.41) is 26.6. The fourth-order valence-electron chi connectivity index (χ4n) is 5.19. The number of carbonyl (C=O) groups is 1. The lowest BCUT2D eigenvalue weighted by Crippen LogP contribution is -2.35. The van der Waals surface area contributed by atoms with Gasteiger partial charge in [0.2, 0.25) is 10.0 Å². The van der Waals surface area contributed by atoms with Gasteiger partial charge in [0, 0.05) is 39.6 Å². The zero-order chi connectivity index (χ0) is 30.2. The molecule has 0 amide bonds. The second-order valence-electron chi connectivity index (χ2n) is 9.65. The number of phenols is 1. The van der Waals surface area contributed by atoms with E-state index in [9.17, 15) is 23.6 Å². The van der Waals surface area contributed by atoms with Gasteiger partial charge in [-0.25, -0.2) is 18.5 Å². The second kappa shape index (κ2) is 11.6. The van der Waals surface area contributed by atoms with E-state index in [0.29, 0.717) is 57.4 Å². The average Bonchev–Trinajstić information content (AvgIpc) is 2.96. The number of aromatic hydroxyl groups is 1. The van der Waals surface area contributed by atoms with Crippen LogP contribution in [0, 0.1) is 11.3 Å². The predicted octanol–water partition coefficient (Wildman–Crippen LogP) is 5.82. The summed E-state index contributed by atoms with van der Waals surface area (Å²) in [7, 11) is -2.53. The van der Waals surface area contributed by atoms with Gasteiger partial charge in [0.05, 0.1) is 29.6 Å². The van der Waals surface area contributed by atoms with Crippen LogP contribution in [0.2, 0.25) is 10.0 Å². The summed E-state index contributed by atoms with van der Waals surface area (Å²) < 4.78 is 29.1. The lowest BCUT2D eigenvalue weighted by atomic mass is 9.75. The third-order valence-electron chi connectivity index (χ3n) is 7.09. The van der Waals surface area contributed by atoms with E-state index in [2.05, 4.69) is 6.07 Å². The number of nitrogens with two attached hydrogens (primary N) is 1. The highest BCUT2D eigenvalue weighted by atomic mass is 35.5. The van der Waals surface area contributed by atoms with Crippen LogP contribution in [0.3, 0.4) is 0 Å². The van der Waals surface area contributed by atoms with Gasteiger partial charge in [0.1, 0.15) is 0 Å². The molecule has 1 unspecified atom stereocenters. The van der Waals surface area contributed by atoms with Crippen LogP contribution >= 0.6 is 23.2 Å². The number of rotatable bonds is 6. The number of ketones is 1. The summed E-state index contributed by atoms with van der Waals surface area (Å²) in [5.41, 5.74) is 2.78. The fraction of sp³-hybridized carbons (Fsp3) is 0.167. The number of carbonyl (C=O) groups excluding carboxylic acids is 1. The number of hydrogen-bond donors (Lipinski definition) is 2. The van der Waals surface area contributed by atoms with Gasteiger partial charge >= 0.3 is 0 Å². The Bertz CT molecular complexity index is 1840. The molecule has 0 saturated carbocycles. The molecule has 9 nitrogen and oxygen atoms in total. The molecule has 214 valence electrons. The van der Waals surface area contributed by atoms with Crippen molar-refractivity contribution >= 4 is 50.9 Å². The standard InChI is InChI=1S/C30H24Cl2N4O5S/c1-41-27-13-17(5-12-25(27)37)16-35-30-22(15-33)28(21-11-6-18(31)14-23(21)32)29-24(3-2-4-26(29)38)36(30)19-7-9-20(10-8-19)42(34,39)40/h5-14,16,28,37H,2-4H2,1H3,(H2,34,39,40)/b35-16+. The highest BCUT2D eigenvalue weighted by Crippen LogP contribution is 2.49.